The van der Waals surface area contributed by atoms with Gasteiger partial charge < -0.3 is 36.1 Å². The number of nitrogens with zero attached hydrogens (tertiary/aromatic N) is 1. The molecule has 0 aliphatic carbocycles. The third-order valence-electron chi connectivity index (χ3n) is 3.48. The molecule has 0 aliphatic heterocycles. The predicted molar refractivity (Wildman–Crippen MR) is 94.9 cm³/mol. The zero-order valence-electron chi connectivity index (χ0n) is 14.9. The summed E-state index contributed by atoms with van der Waals surface area (Å²) in [5.74, 6) is -0.904. The number of nitrogens with one attached hydrogen (secondary N) is 1. The molecule has 1 unspecified atom stereocenters. The van der Waals surface area contributed by atoms with Crippen LogP contribution in [0.4, 0.5) is 0 Å². The molecular weight excluding hydrogens is 344 g/mol. The molecule has 1 aromatic rings. The minimum absolute atomic E-state index is 0.0710. The van der Waals surface area contributed by atoms with Gasteiger partial charge in [0.05, 0.1) is 21.3 Å². The van der Waals surface area contributed by atoms with Crippen LogP contribution < -0.4 is 31.0 Å². The van der Waals surface area contributed by atoms with Gasteiger partial charge in [-0.2, -0.15) is 0 Å². The van der Waals surface area contributed by atoms with E-state index in [-0.39, 0.29) is 36.0 Å². The van der Waals surface area contributed by atoms with Crippen molar-refractivity contribution in [2.45, 2.75) is 18.9 Å². The number of carboxylic acid groups (broad SMARTS) is 1. The lowest BCUT2D eigenvalue weighted by molar-refractivity contribution is -0.139. The normalized spacial score (nSPS) is 11.2. The predicted octanol–water partition coefficient (Wildman–Crippen LogP) is -0.0510. The lowest BCUT2D eigenvalue weighted by Crippen LogP contribution is -2.40. The number of nitrogens with two attached hydrogens (primary N) is 2. The van der Waals surface area contributed by atoms with E-state index in [4.69, 9.17) is 25.7 Å². The molecule has 26 heavy (non-hydrogen) atoms. The molecule has 10 heteroatoms. The SMILES string of the molecule is COc1cc(C(=O)NC(CCCN=C(N)N)C(=O)O)cc(OC)c1OC. The Kier molecular flexibility index (Phi) is 8.00. The number of amides is 1. The number of aliphatic imine (C=N–C) groups is 1. The van der Waals surface area contributed by atoms with Gasteiger partial charge in [0.25, 0.3) is 5.91 Å². The Morgan fingerprint density at radius 2 is 1.73 bits per heavy atom. The number of methoxy groups -OCH3 is 3. The molecule has 1 amide bonds. The maximum atomic E-state index is 12.4. The molecule has 0 saturated carbocycles. The van der Waals surface area contributed by atoms with Crippen molar-refractivity contribution in [2.75, 3.05) is 27.9 Å². The van der Waals surface area contributed by atoms with Gasteiger partial charge in [0.1, 0.15) is 6.04 Å². The van der Waals surface area contributed by atoms with Gasteiger partial charge in [-0.05, 0) is 25.0 Å². The number of carbonyl (C=O) groups is 2. The van der Waals surface area contributed by atoms with E-state index in [9.17, 15) is 14.7 Å². The number of hydrogen-bond donors (Lipinski definition) is 4. The number of benzene rings is 1. The van der Waals surface area contributed by atoms with Crippen molar-refractivity contribution in [1.29, 1.82) is 0 Å². The quantitative estimate of drug-likeness (QED) is 0.254. The molecule has 0 saturated heterocycles. The minimum Gasteiger partial charge on any atom is -0.493 e. The zero-order chi connectivity index (χ0) is 19.7. The van der Waals surface area contributed by atoms with Gasteiger partial charge in [-0.15, -0.1) is 0 Å². The monoisotopic (exact) mass is 368 g/mol. The molecule has 0 bridgehead atoms. The average Bonchev–Trinajstić information content (AvgIpc) is 2.62. The van der Waals surface area contributed by atoms with Crippen molar-refractivity contribution in [3.63, 3.8) is 0 Å². The Morgan fingerprint density at radius 1 is 1.15 bits per heavy atom. The van der Waals surface area contributed by atoms with E-state index in [2.05, 4.69) is 10.3 Å². The summed E-state index contributed by atoms with van der Waals surface area (Å²) in [5.41, 5.74) is 10.6. The second-order valence-electron chi connectivity index (χ2n) is 5.23. The third kappa shape index (κ3) is 5.72. The van der Waals surface area contributed by atoms with Gasteiger partial charge in [0, 0.05) is 12.1 Å². The standard InChI is InChI=1S/C16H24N4O6/c1-24-11-7-9(8-12(25-2)13(11)26-3)14(21)20-10(15(22)23)5-4-6-19-16(17)18/h7-8,10H,4-6H2,1-3H3,(H,20,21)(H,22,23)(H4,17,18,19). The molecule has 1 rings (SSSR count). The van der Waals surface area contributed by atoms with Gasteiger partial charge >= 0.3 is 5.97 Å². The van der Waals surface area contributed by atoms with Crippen LogP contribution in [0.3, 0.4) is 0 Å². The Bertz CT molecular complexity index is 648. The van der Waals surface area contributed by atoms with Crippen LogP contribution in [0.15, 0.2) is 17.1 Å². The number of aliphatic carboxylic acids is 1. The highest BCUT2D eigenvalue weighted by molar-refractivity contribution is 5.97. The van der Waals surface area contributed by atoms with Gasteiger partial charge in [-0.3, -0.25) is 9.79 Å². The number of ether oxygens (including phenoxy) is 3. The van der Waals surface area contributed by atoms with Crippen LogP contribution in [-0.4, -0.2) is 56.9 Å². The molecule has 0 fully saturated rings. The summed E-state index contributed by atoms with van der Waals surface area (Å²) in [6.07, 6.45) is 0.562. The number of guanidine groups is 1. The van der Waals surface area contributed by atoms with Crippen molar-refractivity contribution in [1.82, 2.24) is 5.32 Å². The second kappa shape index (κ2) is 9.97. The summed E-state index contributed by atoms with van der Waals surface area (Å²) in [7, 11) is 4.28. The first-order valence-corrected chi connectivity index (χ1v) is 7.73. The van der Waals surface area contributed by atoms with E-state index >= 15 is 0 Å². The second-order valence-corrected chi connectivity index (χ2v) is 5.23. The molecule has 0 spiro atoms. The fourth-order valence-corrected chi connectivity index (χ4v) is 2.21. The lowest BCUT2D eigenvalue weighted by atomic mass is 10.1. The maximum absolute atomic E-state index is 12.4. The van der Waals surface area contributed by atoms with E-state index in [1.54, 1.807) is 0 Å². The zero-order valence-corrected chi connectivity index (χ0v) is 14.9. The van der Waals surface area contributed by atoms with Crippen LogP contribution in [0, 0.1) is 0 Å². The summed E-state index contributed by atoms with van der Waals surface area (Å²) in [6, 6.07) is 1.79. The molecule has 0 heterocycles. The van der Waals surface area contributed by atoms with E-state index < -0.39 is 17.9 Å². The topological polar surface area (TPSA) is 158 Å². The molecule has 0 aromatic heterocycles. The van der Waals surface area contributed by atoms with Crippen LogP contribution >= 0.6 is 0 Å². The van der Waals surface area contributed by atoms with Crippen molar-refractivity contribution in [3.05, 3.63) is 17.7 Å². The van der Waals surface area contributed by atoms with Gasteiger partial charge in [0.15, 0.2) is 17.5 Å². The first kappa shape index (κ1) is 20.9. The largest absolute Gasteiger partial charge is 0.493 e. The first-order valence-electron chi connectivity index (χ1n) is 7.73. The van der Waals surface area contributed by atoms with Crippen molar-refractivity contribution >= 4 is 17.8 Å². The first-order chi connectivity index (χ1) is 12.3. The van der Waals surface area contributed by atoms with Crippen molar-refractivity contribution in [3.8, 4) is 17.2 Å². The number of carbonyl (C=O) groups excluding carboxylic acids is 1. The minimum atomic E-state index is -1.16. The fraction of sp³-hybridized carbons (Fsp3) is 0.438. The number of carboxylic acids is 1. The molecule has 1 aromatic carbocycles. The number of rotatable bonds is 10. The van der Waals surface area contributed by atoms with Crippen molar-refractivity contribution in [2.24, 2.45) is 16.5 Å². The Morgan fingerprint density at radius 3 is 2.15 bits per heavy atom. The highest BCUT2D eigenvalue weighted by Gasteiger charge is 2.22. The van der Waals surface area contributed by atoms with Crippen LogP contribution in [0.1, 0.15) is 23.2 Å². The van der Waals surface area contributed by atoms with Crippen LogP contribution in [0.2, 0.25) is 0 Å². The van der Waals surface area contributed by atoms with E-state index in [1.807, 2.05) is 0 Å². The highest BCUT2D eigenvalue weighted by atomic mass is 16.5. The van der Waals surface area contributed by atoms with Crippen LogP contribution in [0.5, 0.6) is 17.2 Å². The summed E-state index contributed by atoms with van der Waals surface area (Å²) < 4.78 is 15.6. The number of hydrogen-bond acceptors (Lipinski definition) is 6. The van der Waals surface area contributed by atoms with Gasteiger partial charge in [0.2, 0.25) is 5.75 Å². The van der Waals surface area contributed by atoms with Gasteiger partial charge in [-0.1, -0.05) is 0 Å². The lowest BCUT2D eigenvalue weighted by Gasteiger charge is -2.16. The highest BCUT2D eigenvalue weighted by Crippen LogP contribution is 2.38. The third-order valence-corrected chi connectivity index (χ3v) is 3.48. The molecule has 0 aliphatic rings. The Labute approximate surface area is 151 Å². The summed E-state index contributed by atoms with van der Waals surface area (Å²) in [6.45, 7) is 0.270. The Balaban J connectivity index is 2.92. The van der Waals surface area contributed by atoms with E-state index in [1.165, 1.54) is 33.5 Å². The fourth-order valence-electron chi connectivity index (χ4n) is 2.21. The van der Waals surface area contributed by atoms with Gasteiger partial charge in [-0.25, -0.2) is 4.79 Å². The molecule has 6 N–H and O–H groups in total. The molecular formula is C16H24N4O6. The molecule has 1 atom stereocenters. The average molecular weight is 368 g/mol. The Hall–Kier alpha value is -3.17. The maximum Gasteiger partial charge on any atom is 0.326 e. The molecule has 10 nitrogen and oxygen atoms in total. The molecule has 0 radical (unpaired) electrons. The van der Waals surface area contributed by atoms with E-state index in [0.717, 1.165) is 0 Å². The van der Waals surface area contributed by atoms with Crippen LogP contribution in [0.25, 0.3) is 0 Å². The summed E-state index contributed by atoms with van der Waals surface area (Å²) in [4.78, 5) is 27.6. The van der Waals surface area contributed by atoms with Crippen LogP contribution in [-0.2, 0) is 4.79 Å². The molecule has 144 valence electrons. The summed E-state index contributed by atoms with van der Waals surface area (Å²) >= 11 is 0. The van der Waals surface area contributed by atoms with Crippen molar-refractivity contribution < 1.29 is 28.9 Å². The van der Waals surface area contributed by atoms with E-state index in [0.29, 0.717) is 12.2 Å². The summed E-state index contributed by atoms with van der Waals surface area (Å²) in [5, 5.41) is 11.8. The smallest absolute Gasteiger partial charge is 0.326 e.